The average molecular weight is 259 g/mol. The largest absolute Gasteiger partial charge is 0.494 e. The first-order chi connectivity index (χ1) is 9.29. The molecule has 2 N–H and O–H groups in total. The van der Waals surface area contributed by atoms with Crippen molar-refractivity contribution >= 4 is 0 Å². The molecule has 0 spiro atoms. The molecule has 1 unspecified atom stereocenters. The van der Waals surface area contributed by atoms with E-state index in [2.05, 4.69) is 25.1 Å². The highest BCUT2D eigenvalue weighted by Gasteiger charge is 2.11. The van der Waals surface area contributed by atoms with E-state index in [1.807, 2.05) is 12.1 Å². The molecule has 0 bridgehead atoms. The van der Waals surface area contributed by atoms with E-state index < -0.39 is 0 Å². The summed E-state index contributed by atoms with van der Waals surface area (Å²) >= 11 is 0. The zero-order valence-corrected chi connectivity index (χ0v) is 11.9. The van der Waals surface area contributed by atoms with Crippen LogP contribution in [0.1, 0.15) is 57.1 Å². The smallest absolute Gasteiger partial charge is 0.119 e. The Hall–Kier alpha value is -1.28. The van der Waals surface area contributed by atoms with Gasteiger partial charge in [-0.15, -0.1) is 0 Å². The lowest BCUT2D eigenvalue weighted by atomic mass is 9.92. The van der Waals surface area contributed by atoms with E-state index >= 15 is 0 Å². The predicted octanol–water partition coefficient (Wildman–Crippen LogP) is 4.37. The summed E-state index contributed by atoms with van der Waals surface area (Å²) in [7, 11) is 0. The van der Waals surface area contributed by atoms with E-state index in [1.54, 1.807) is 0 Å². The summed E-state index contributed by atoms with van der Waals surface area (Å²) in [6, 6.07) is 8.36. The Labute approximate surface area is 116 Å². The van der Waals surface area contributed by atoms with Crippen molar-refractivity contribution in [3.8, 4) is 5.75 Å². The number of rotatable bonds is 6. The molecule has 0 fully saturated rings. The van der Waals surface area contributed by atoms with Crippen LogP contribution in [0.25, 0.3) is 0 Å². The maximum Gasteiger partial charge on any atom is 0.119 e. The Morgan fingerprint density at radius 1 is 1.21 bits per heavy atom. The molecular formula is C17H25NO. The van der Waals surface area contributed by atoms with Crippen LogP contribution in [-0.4, -0.2) is 6.61 Å². The van der Waals surface area contributed by atoms with Gasteiger partial charge in [-0.25, -0.2) is 0 Å². The fourth-order valence-corrected chi connectivity index (χ4v) is 2.52. The van der Waals surface area contributed by atoms with Crippen molar-refractivity contribution in [3.05, 3.63) is 41.5 Å². The second kappa shape index (κ2) is 7.34. The van der Waals surface area contributed by atoms with Crippen molar-refractivity contribution < 1.29 is 4.74 Å². The van der Waals surface area contributed by atoms with Crippen LogP contribution in [0, 0.1) is 0 Å². The summed E-state index contributed by atoms with van der Waals surface area (Å²) in [5.41, 5.74) is 9.03. The quantitative estimate of drug-likeness (QED) is 0.770. The third-order valence-corrected chi connectivity index (χ3v) is 3.65. The number of benzene rings is 1. The minimum absolute atomic E-state index is 0.115. The Balaban J connectivity index is 1.91. The molecule has 0 aromatic heterocycles. The molecule has 0 saturated carbocycles. The molecule has 1 aromatic carbocycles. The van der Waals surface area contributed by atoms with Gasteiger partial charge in [0.05, 0.1) is 6.61 Å². The van der Waals surface area contributed by atoms with Crippen LogP contribution in [0.5, 0.6) is 5.75 Å². The topological polar surface area (TPSA) is 35.2 Å². The van der Waals surface area contributed by atoms with Crippen LogP contribution >= 0.6 is 0 Å². The average Bonchev–Trinajstić information content (AvgIpc) is 2.46. The van der Waals surface area contributed by atoms with E-state index in [4.69, 9.17) is 10.5 Å². The van der Waals surface area contributed by atoms with Crippen LogP contribution in [0.4, 0.5) is 0 Å². The van der Waals surface area contributed by atoms with Crippen LogP contribution in [0.15, 0.2) is 35.9 Å². The van der Waals surface area contributed by atoms with Crippen molar-refractivity contribution in [3.63, 3.8) is 0 Å². The molecular weight excluding hydrogens is 234 g/mol. The molecule has 1 atom stereocenters. The maximum absolute atomic E-state index is 6.29. The molecule has 2 rings (SSSR count). The molecule has 0 amide bonds. The van der Waals surface area contributed by atoms with Gasteiger partial charge >= 0.3 is 0 Å². The molecule has 19 heavy (non-hydrogen) atoms. The van der Waals surface area contributed by atoms with Gasteiger partial charge in [-0.1, -0.05) is 30.7 Å². The van der Waals surface area contributed by atoms with Crippen LogP contribution in [0.2, 0.25) is 0 Å². The molecule has 1 aliphatic rings. The lowest BCUT2D eigenvalue weighted by molar-refractivity contribution is 0.317. The van der Waals surface area contributed by atoms with Crippen molar-refractivity contribution in [1.82, 2.24) is 0 Å². The van der Waals surface area contributed by atoms with Crippen molar-refractivity contribution in [2.75, 3.05) is 6.61 Å². The van der Waals surface area contributed by atoms with Gasteiger partial charge in [-0.3, -0.25) is 0 Å². The van der Waals surface area contributed by atoms with E-state index in [0.29, 0.717) is 0 Å². The number of ether oxygens (including phenoxy) is 1. The molecule has 0 aliphatic heterocycles. The molecule has 0 radical (unpaired) electrons. The summed E-state index contributed by atoms with van der Waals surface area (Å²) in [4.78, 5) is 0. The third kappa shape index (κ3) is 4.39. The first kappa shape index (κ1) is 14.1. The fraction of sp³-hybridized carbons (Fsp3) is 0.529. The molecule has 104 valence electrons. The van der Waals surface area contributed by atoms with Gasteiger partial charge < -0.3 is 10.5 Å². The third-order valence-electron chi connectivity index (χ3n) is 3.65. The van der Waals surface area contributed by atoms with E-state index in [9.17, 15) is 0 Å². The summed E-state index contributed by atoms with van der Waals surface area (Å²) in [6.07, 6.45) is 9.52. The monoisotopic (exact) mass is 259 g/mol. The predicted molar refractivity (Wildman–Crippen MR) is 80.3 cm³/mol. The Morgan fingerprint density at radius 3 is 2.63 bits per heavy atom. The Bertz CT molecular complexity index is 408. The molecule has 0 heterocycles. The zero-order chi connectivity index (χ0) is 13.5. The van der Waals surface area contributed by atoms with E-state index in [1.165, 1.54) is 36.8 Å². The minimum Gasteiger partial charge on any atom is -0.494 e. The molecule has 2 nitrogen and oxygen atoms in total. The second-order valence-electron chi connectivity index (χ2n) is 5.34. The first-order valence-electron chi connectivity index (χ1n) is 7.46. The lowest BCUT2D eigenvalue weighted by Gasteiger charge is -2.18. The van der Waals surface area contributed by atoms with Crippen molar-refractivity contribution in [2.45, 2.75) is 51.5 Å². The van der Waals surface area contributed by atoms with Gasteiger partial charge in [0.2, 0.25) is 0 Å². The van der Waals surface area contributed by atoms with E-state index in [0.717, 1.165) is 25.2 Å². The number of allylic oxidation sites excluding steroid dienone is 1. The summed E-state index contributed by atoms with van der Waals surface area (Å²) < 4.78 is 5.59. The SMILES string of the molecule is CCCOc1ccc(C(N)CC2=CCCCC2)cc1. The number of nitrogens with two attached hydrogens (primary N) is 1. The zero-order valence-electron chi connectivity index (χ0n) is 11.9. The first-order valence-corrected chi connectivity index (χ1v) is 7.46. The minimum atomic E-state index is 0.115. The summed E-state index contributed by atoms with van der Waals surface area (Å²) in [6.45, 7) is 2.89. The molecule has 2 heteroatoms. The second-order valence-corrected chi connectivity index (χ2v) is 5.34. The number of hydrogen-bond acceptors (Lipinski definition) is 2. The van der Waals surface area contributed by atoms with Gasteiger partial charge in [-0.05, 0) is 56.2 Å². The normalized spacial score (nSPS) is 16.8. The van der Waals surface area contributed by atoms with Crippen molar-refractivity contribution in [2.24, 2.45) is 5.73 Å². The van der Waals surface area contributed by atoms with E-state index in [-0.39, 0.29) is 6.04 Å². The summed E-state index contributed by atoms with van der Waals surface area (Å²) in [5.74, 6) is 0.940. The van der Waals surface area contributed by atoms with Gasteiger partial charge in [0.25, 0.3) is 0 Å². The Morgan fingerprint density at radius 2 is 2.00 bits per heavy atom. The van der Waals surface area contributed by atoms with Crippen LogP contribution in [-0.2, 0) is 0 Å². The number of hydrogen-bond donors (Lipinski definition) is 1. The lowest BCUT2D eigenvalue weighted by Crippen LogP contribution is -2.12. The highest BCUT2D eigenvalue weighted by molar-refractivity contribution is 5.30. The maximum atomic E-state index is 6.29. The molecule has 1 aliphatic carbocycles. The van der Waals surface area contributed by atoms with Crippen molar-refractivity contribution in [1.29, 1.82) is 0 Å². The standard InChI is InChI=1S/C17H25NO/c1-2-12-19-16-10-8-15(9-11-16)17(18)13-14-6-4-3-5-7-14/h6,8-11,17H,2-5,7,12-13,18H2,1H3. The highest BCUT2D eigenvalue weighted by Crippen LogP contribution is 2.27. The Kier molecular flexibility index (Phi) is 5.46. The van der Waals surface area contributed by atoms with Gasteiger partial charge in [0, 0.05) is 6.04 Å². The molecule has 1 aromatic rings. The molecule has 0 saturated heterocycles. The van der Waals surface area contributed by atoms with Crippen LogP contribution in [0.3, 0.4) is 0 Å². The summed E-state index contributed by atoms with van der Waals surface area (Å²) in [5, 5.41) is 0. The van der Waals surface area contributed by atoms with Gasteiger partial charge in [-0.2, -0.15) is 0 Å². The van der Waals surface area contributed by atoms with Gasteiger partial charge in [0.15, 0.2) is 0 Å². The van der Waals surface area contributed by atoms with Crippen LogP contribution < -0.4 is 10.5 Å². The highest BCUT2D eigenvalue weighted by atomic mass is 16.5. The fourth-order valence-electron chi connectivity index (χ4n) is 2.52. The van der Waals surface area contributed by atoms with Gasteiger partial charge in [0.1, 0.15) is 5.75 Å².